The maximum atomic E-state index is 4.06. The Hall–Kier alpha value is -0.290. The minimum Gasteiger partial charge on any atom is -0.385 e. The van der Waals surface area contributed by atoms with E-state index in [2.05, 4.69) is 46.2 Å². The van der Waals surface area contributed by atoms with E-state index in [0.29, 0.717) is 11.8 Å². The third-order valence-corrected chi connectivity index (χ3v) is 3.44. The maximum Gasteiger partial charge on any atom is 0.0319 e. The van der Waals surface area contributed by atoms with Crippen LogP contribution in [0.2, 0.25) is 0 Å². The smallest absolute Gasteiger partial charge is 0.0319 e. The van der Waals surface area contributed by atoms with Crippen LogP contribution in [0.3, 0.4) is 0 Å². The fourth-order valence-electron chi connectivity index (χ4n) is 0.807. The molecule has 0 heterocycles. The van der Waals surface area contributed by atoms with Crippen LogP contribution >= 0.6 is 8.58 Å². The largest absolute Gasteiger partial charge is 0.385 e. The normalized spacial score (nSPS) is 11.6. The van der Waals surface area contributed by atoms with Crippen LogP contribution in [0, 0.1) is 11.8 Å². The fourth-order valence-corrected chi connectivity index (χ4v) is 2.01. The molecule has 82 valence electrons. The van der Waals surface area contributed by atoms with Crippen LogP contribution in [0.1, 0.15) is 27.7 Å². The van der Waals surface area contributed by atoms with Crippen molar-refractivity contribution in [2.75, 3.05) is 12.4 Å². The third-order valence-electron chi connectivity index (χ3n) is 2.31. The van der Waals surface area contributed by atoms with Gasteiger partial charge in [0.25, 0.3) is 0 Å². The standard InChI is InChI=1S/C12H24NP/c1-9(2)11(5)7-14-8-13-12(6)10(3)4/h9-10,13-14H,5-8H2,1-4H3. The zero-order valence-corrected chi connectivity index (χ0v) is 11.0. The maximum absolute atomic E-state index is 4.06. The third kappa shape index (κ3) is 6.21. The highest BCUT2D eigenvalue weighted by Gasteiger charge is 2.01. The van der Waals surface area contributed by atoms with Gasteiger partial charge in [-0.1, -0.05) is 55.0 Å². The van der Waals surface area contributed by atoms with Gasteiger partial charge in [0.2, 0.25) is 0 Å². The van der Waals surface area contributed by atoms with Crippen molar-refractivity contribution < 1.29 is 0 Å². The Balaban J connectivity index is 3.48. The molecule has 1 atom stereocenters. The molecule has 0 aromatic heterocycles. The second kappa shape index (κ2) is 7.06. The summed E-state index contributed by atoms with van der Waals surface area (Å²) >= 11 is 0. The van der Waals surface area contributed by atoms with E-state index in [4.69, 9.17) is 0 Å². The summed E-state index contributed by atoms with van der Waals surface area (Å²) in [6.07, 6.45) is 2.19. The predicted octanol–water partition coefficient (Wildman–Crippen LogP) is 3.59. The Bertz CT molecular complexity index is 172. The Morgan fingerprint density at radius 1 is 1.14 bits per heavy atom. The number of nitrogens with one attached hydrogen (secondary N) is 1. The summed E-state index contributed by atoms with van der Waals surface area (Å²) in [5, 5.41) is 3.35. The first-order valence-electron chi connectivity index (χ1n) is 5.26. The van der Waals surface area contributed by atoms with Gasteiger partial charge in [-0.15, -0.1) is 0 Å². The van der Waals surface area contributed by atoms with Gasteiger partial charge in [-0.2, -0.15) is 0 Å². The van der Waals surface area contributed by atoms with Crippen molar-refractivity contribution in [1.29, 1.82) is 0 Å². The van der Waals surface area contributed by atoms with Crippen molar-refractivity contribution in [2.24, 2.45) is 11.8 Å². The summed E-state index contributed by atoms with van der Waals surface area (Å²) < 4.78 is 0. The van der Waals surface area contributed by atoms with E-state index in [0.717, 1.165) is 26.7 Å². The van der Waals surface area contributed by atoms with Crippen molar-refractivity contribution in [1.82, 2.24) is 5.32 Å². The molecular formula is C12H24NP. The van der Waals surface area contributed by atoms with Crippen molar-refractivity contribution in [3.8, 4) is 0 Å². The molecule has 2 heteroatoms. The summed E-state index contributed by atoms with van der Waals surface area (Å²) in [6.45, 7) is 16.8. The molecule has 0 aliphatic carbocycles. The Morgan fingerprint density at radius 2 is 1.71 bits per heavy atom. The summed E-state index contributed by atoms with van der Waals surface area (Å²) in [5.74, 6) is 1.16. The lowest BCUT2D eigenvalue weighted by molar-refractivity contribution is 0.696. The minimum atomic E-state index is 0.535. The molecule has 1 unspecified atom stereocenters. The fraction of sp³-hybridized carbons (Fsp3) is 0.667. The second-order valence-electron chi connectivity index (χ2n) is 4.27. The van der Waals surface area contributed by atoms with Crippen LogP contribution in [0.4, 0.5) is 0 Å². The molecular weight excluding hydrogens is 189 g/mol. The van der Waals surface area contributed by atoms with Gasteiger partial charge in [0.1, 0.15) is 0 Å². The van der Waals surface area contributed by atoms with E-state index in [1.54, 1.807) is 0 Å². The SMILES string of the molecule is C=C(CPCNC(=C)C(C)C)C(C)C. The molecule has 0 aliphatic heterocycles. The zero-order chi connectivity index (χ0) is 11.1. The zero-order valence-electron chi connectivity index (χ0n) is 9.98. The van der Waals surface area contributed by atoms with Crippen LogP contribution in [-0.2, 0) is 0 Å². The molecule has 0 radical (unpaired) electrons. The van der Waals surface area contributed by atoms with Crippen molar-refractivity contribution in [3.63, 3.8) is 0 Å². The van der Waals surface area contributed by atoms with E-state index in [9.17, 15) is 0 Å². The molecule has 1 nitrogen and oxygen atoms in total. The Kier molecular flexibility index (Phi) is 6.92. The first-order valence-corrected chi connectivity index (χ1v) is 6.67. The molecule has 0 saturated heterocycles. The van der Waals surface area contributed by atoms with E-state index >= 15 is 0 Å². The molecule has 0 fully saturated rings. The molecule has 0 bridgehead atoms. The lowest BCUT2D eigenvalue weighted by atomic mass is 10.1. The molecule has 0 amide bonds. The molecule has 0 saturated carbocycles. The highest BCUT2D eigenvalue weighted by Crippen LogP contribution is 2.18. The lowest BCUT2D eigenvalue weighted by Gasteiger charge is -2.14. The van der Waals surface area contributed by atoms with Crippen LogP contribution in [-0.4, -0.2) is 12.4 Å². The number of hydrogen-bond donors (Lipinski definition) is 1. The highest BCUT2D eigenvalue weighted by molar-refractivity contribution is 7.38. The average molecular weight is 213 g/mol. The number of allylic oxidation sites excluding steroid dienone is 2. The van der Waals surface area contributed by atoms with Gasteiger partial charge < -0.3 is 5.32 Å². The van der Waals surface area contributed by atoms with E-state index < -0.39 is 0 Å². The van der Waals surface area contributed by atoms with E-state index in [1.165, 1.54) is 5.57 Å². The van der Waals surface area contributed by atoms with Crippen LogP contribution in [0.15, 0.2) is 24.4 Å². The monoisotopic (exact) mass is 213 g/mol. The Labute approximate surface area is 90.8 Å². The van der Waals surface area contributed by atoms with Gasteiger partial charge in [-0.3, -0.25) is 0 Å². The first-order chi connectivity index (χ1) is 6.45. The van der Waals surface area contributed by atoms with Gasteiger partial charge in [-0.05, 0) is 18.0 Å². The van der Waals surface area contributed by atoms with Crippen molar-refractivity contribution in [3.05, 3.63) is 24.4 Å². The molecule has 14 heavy (non-hydrogen) atoms. The lowest BCUT2D eigenvalue weighted by Crippen LogP contribution is -2.15. The van der Waals surface area contributed by atoms with Gasteiger partial charge in [-0.25, -0.2) is 0 Å². The van der Waals surface area contributed by atoms with Gasteiger partial charge in [0, 0.05) is 12.0 Å². The van der Waals surface area contributed by atoms with E-state index in [1.807, 2.05) is 0 Å². The highest BCUT2D eigenvalue weighted by atomic mass is 31.1. The summed E-state index contributed by atoms with van der Waals surface area (Å²) in [4.78, 5) is 0. The molecule has 0 aromatic rings. The van der Waals surface area contributed by atoms with E-state index in [-0.39, 0.29) is 0 Å². The molecule has 0 aliphatic rings. The predicted molar refractivity (Wildman–Crippen MR) is 69.1 cm³/mol. The molecule has 0 rings (SSSR count). The van der Waals surface area contributed by atoms with Gasteiger partial charge >= 0.3 is 0 Å². The van der Waals surface area contributed by atoms with Crippen molar-refractivity contribution >= 4 is 8.58 Å². The van der Waals surface area contributed by atoms with Gasteiger partial charge in [0.15, 0.2) is 0 Å². The average Bonchev–Trinajstić information content (AvgIpc) is 2.11. The Morgan fingerprint density at radius 3 is 2.14 bits per heavy atom. The molecule has 1 N–H and O–H groups in total. The topological polar surface area (TPSA) is 12.0 Å². The number of rotatable bonds is 7. The first kappa shape index (κ1) is 13.7. The van der Waals surface area contributed by atoms with Crippen molar-refractivity contribution in [2.45, 2.75) is 27.7 Å². The summed E-state index contributed by atoms with van der Waals surface area (Å²) in [6, 6.07) is 0. The van der Waals surface area contributed by atoms with Crippen LogP contribution in [0.25, 0.3) is 0 Å². The minimum absolute atomic E-state index is 0.535. The van der Waals surface area contributed by atoms with Crippen LogP contribution < -0.4 is 5.32 Å². The summed E-state index contributed by atoms with van der Waals surface area (Å²) in [5.41, 5.74) is 2.51. The second-order valence-corrected chi connectivity index (χ2v) is 5.48. The molecule has 0 spiro atoms. The van der Waals surface area contributed by atoms with Gasteiger partial charge in [0.05, 0.1) is 0 Å². The number of hydrogen-bond acceptors (Lipinski definition) is 1. The quantitative estimate of drug-likeness (QED) is 0.387. The summed E-state index contributed by atoms with van der Waals surface area (Å²) in [7, 11) is 0.919. The molecule has 0 aromatic carbocycles. The van der Waals surface area contributed by atoms with Crippen LogP contribution in [0.5, 0.6) is 0 Å².